The number of aromatic nitrogens is 1. The predicted octanol–water partition coefficient (Wildman–Crippen LogP) is 2.38. The van der Waals surface area contributed by atoms with Crippen LogP contribution in [0.2, 0.25) is 0 Å². The summed E-state index contributed by atoms with van der Waals surface area (Å²) in [6.07, 6.45) is 0. The standard InChI is InChI=1S/C12H12N2OS/c1-9-2-4-10(5-3-9)6-13-12(15)11-7-16-8-14-11/h2-5,7-8H,6H2,1H3,(H,13,15). The Morgan fingerprint density at radius 1 is 1.38 bits per heavy atom. The number of hydrogen-bond acceptors (Lipinski definition) is 3. The van der Waals surface area contributed by atoms with Gasteiger partial charge in [-0.05, 0) is 12.5 Å². The zero-order valence-electron chi connectivity index (χ0n) is 8.93. The second-order valence-corrected chi connectivity index (χ2v) is 4.26. The average Bonchev–Trinajstić information content (AvgIpc) is 2.81. The first kappa shape index (κ1) is 10.8. The molecule has 0 saturated heterocycles. The van der Waals surface area contributed by atoms with Crippen molar-refractivity contribution in [3.63, 3.8) is 0 Å². The molecule has 0 aliphatic carbocycles. The van der Waals surface area contributed by atoms with Crippen LogP contribution in [0, 0.1) is 6.92 Å². The zero-order chi connectivity index (χ0) is 11.4. The highest BCUT2D eigenvalue weighted by Crippen LogP contribution is 2.04. The molecule has 1 N–H and O–H groups in total. The minimum Gasteiger partial charge on any atom is -0.347 e. The van der Waals surface area contributed by atoms with Crippen LogP contribution in [-0.4, -0.2) is 10.9 Å². The second kappa shape index (κ2) is 4.90. The molecule has 2 aromatic rings. The molecule has 0 saturated carbocycles. The van der Waals surface area contributed by atoms with E-state index in [1.54, 1.807) is 10.9 Å². The van der Waals surface area contributed by atoms with Gasteiger partial charge in [0.25, 0.3) is 5.91 Å². The molecule has 1 heterocycles. The third-order valence-corrected chi connectivity index (χ3v) is 2.83. The van der Waals surface area contributed by atoms with Crippen molar-refractivity contribution in [2.75, 3.05) is 0 Å². The second-order valence-electron chi connectivity index (χ2n) is 3.54. The molecular formula is C12H12N2OS. The lowest BCUT2D eigenvalue weighted by Crippen LogP contribution is -2.22. The van der Waals surface area contributed by atoms with E-state index in [4.69, 9.17) is 0 Å². The number of thiazole rings is 1. The molecule has 16 heavy (non-hydrogen) atoms. The van der Waals surface area contributed by atoms with Crippen LogP contribution in [0.5, 0.6) is 0 Å². The number of carbonyl (C=O) groups is 1. The van der Waals surface area contributed by atoms with E-state index in [1.807, 2.05) is 31.2 Å². The Labute approximate surface area is 98.2 Å². The summed E-state index contributed by atoms with van der Waals surface area (Å²) in [5, 5.41) is 4.57. The van der Waals surface area contributed by atoms with Crippen LogP contribution in [0.3, 0.4) is 0 Å². The first-order valence-corrected chi connectivity index (χ1v) is 5.92. The van der Waals surface area contributed by atoms with E-state index >= 15 is 0 Å². The fourth-order valence-corrected chi connectivity index (χ4v) is 1.84. The third-order valence-electron chi connectivity index (χ3n) is 2.24. The highest BCUT2D eigenvalue weighted by atomic mass is 32.1. The smallest absolute Gasteiger partial charge is 0.271 e. The van der Waals surface area contributed by atoms with Crippen molar-refractivity contribution in [3.8, 4) is 0 Å². The molecular weight excluding hydrogens is 220 g/mol. The normalized spacial score (nSPS) is 10.1. The minimum absolute atomic E-state index is 0.123. The molecule has 1 aromatic heterocycles. The lowest BCUT2D eigenvalue weighted by molar-refractivity contribution is 0.0946. The maximum Gasteiger partial charge on any atom is 0.271 e. The zero-order valence-corrected chi connectivity index (χ0v) is 9.75. The number of amides is 1. The van der Waals surface area contributed by atoms with E-state index in [-0.39, 0.29) is 5.91 Å². The Kier molecular flexibility index (Phi) is 3.31. The van der Waals surface area contributed by atoms with Gasteiger partial charge in [-0.15, -0.1) is 11.3 Å². The SMILES string of the molecule is Cc1ccc(CNC(=O)c2cscn2)cc1. The number of benzene rings is 1. The van der Waals surface area contributed by atoms with Crippen molar-refractivity contribution in [2.45, 2.75) is 13.5 Å². The van der Waals surface area contributed by atoms with Gasteiger partial charge in [-0.1, -0.05) is 29.8 Å². The summed E-state index contributed by atoms with van der Waals surface area (Å²) in [4.78, 5) is 15.5. The van der Waals surface area contributed by atoms with Gasteiger partial charge in [0, 0.05) is 11.9 Å². The largest absolute Gasteiger partial charge is 0.347 e. The summed E-state index contributed by atoms with van der Waals surface area (Å²) in [5.41, 5.74) is 4.45. The van der Waals surface area contributed by atoms with Gasteiger partial charge in [-0.2, -0.15) is 0 Å². The first-order valence-electron chi connectivity index (χ1n) is 4.97. The van der Waals surface area contributed by atoms with Crippen molar-refractivity contribution < 1.29 is 4.79 Å². The van der Waals surface area contributed by atoms with E-state index in [1.165, 1.54) is 16.9 Å². The minimum atomic E-state index is -0.123. The Balaban J connectivity index is 1.93. The number of hydrogen-bond donors (Lipinski definition) is 1. The summed E-state index contributed by atoms with van der Waals surface area (Å²) in [5.74, 6) is -0.123. The molecule has 0 spiro atoms. The average molecular weight is 232 g/mol. The molecule has 2 rings (SSSR count). The van der Waals surface area contributed by atoms with Crippen molar-refractivity contribution in [1.29, 1.82) is 0 Å². The van der Waals surface area contributed by atoms with Gasteiger partial charge in [0.1, 0.15) is 5.69 Å². The molecule has 3 nitrogen and oxygen atoms in total. The van der Waals surface area contributed by atoms with E-state index in [9.17, 15) is 4.79 Å². The van der Waals surface area contributed by atoms with E-state index in [2.05, 4.69) is 10.3 Å². The summed E-state index contributed by atoms with van der Waals surface area (Å²) in [6, 6.07) is 8.09. The predicted molar refractivity (Wildman–Crippen MR) is 64.5 cm³/mol. The quantitative estimate of drug-likeness (QED) is 0.882. The van der Waals surface area contributed by atoms with Crippen molar-refractivity contribution in [2.24, 2.45) is 0 Å². The van der Waals surface area contributed by atoms with E-state index in [0.717, 1.165) is 5.56 Å². The maximum absolute atomic E-state index is 11.6. The summed E-state index contributed by atoms with van der Waals surface area (Å²) < 4.78 is 0. The maximum atomic E-state index is 11.6. The first-order chi connectivity index (χ1) is 7.75. The van der Waals surface area contributed by atoms with E-state index < -0.39 is 0 Å². The molecule has 1 amide bonds. The number of nitrogens with zero attached hydrogens (tertiary/aromatic N) is 1. The van der Waals surface area contributed by atoms with Crippen molar-refractivity contribution in [3.05, 3.63) is 52.0 Å². The van der Waals surface area contributed by atoms with Gasteiger partial charge in [-0.25, -0.2) is 4.98 Å². The molecule has 0 radical (unpaired) electrons. The topological polar surface area (TPSA) is 42.0 Å². The lowest BCUT2D eigenvalue weighted by Gasteiger charge is -2.03. The van der Waals surface area contributed by atoms with Gasteiger partial charge >= 0.3 is 0 Å². The molecule has 82 valence electrons. The Bertz CT molecular complexity index is 462. The Morgan fingerprint density at radius 2 is 2.12 bits per heavy atom. The molecule has 0 bridgehead atoms. The number of aryl methyl sites for hydroxylation is 1. The van der Waals surface area contributed by atoms with Crippen LogP contribution < -0.4 is 5.32 Å². The lowest BCUT2D eigenvalue weighted by atomic mass is 10.1. The van der Waals surface area contributed by atoms with Gasteiger partial charge in [0.05, 0.1) is 5.51 Å². The highest BCUT2D eigenvalue weighted by molar-refractivity contribution is 7.07. The molecule has 4 heteroatoms. The Hall–Kier alpha value is -1.68. The van der Waals surface area contributed by atoms with Crippen LogP contribution in [0.25, 0.3) is 0 Å². The summed E-state index contributed by atoms with van der Waals surface area (Å²) in [6.45, 7) is 2.58. The molecule has 0 fully saturated rings. The fraction of sp³-hybridized carbons (Fsp3) is 0.167. The fourth-order valence-electron chi connectivity index (χ4n) is 1.30. The van der Waals surface area contributed by atoms with Crippen LogP contribution in [0.4, 0.5) is 0 Å². The van der Waals surface area contributed by atoms with Gasteiger partial charge in [0.15, 0.2) is 0 Å². The van der Waals surface area contributed by atoms with Crippen LogP contribution >= 0.6 is 11.3 Å². The molecule has 0 unspecified atom stereocenters. The third kappa shape index (κ3) is 2.67. The Morgan fingerprint density at radius 3 is 2.75 bits per heavy atom. The summed E-state index contributed by atoms with van der Waals surface area (Å²) in [7, 11) is 0. The van der Waals surface area contributed by atoms with Crippen molar-refractivity contribution >= 4 is 17.2 Å². The van der Waals surface area contributed by atoms with Gasteiger partial charge in [-0.3, -0.25) is 4.79 Å². The van der Waals surface area contributed by atoms with Crippen LogP contribution in [-0.2, 0) is 6.54 Å². The number of nitrogens with one attached hydrogen (secondary N) is 1. The van der Waals surface area contributed by atoms with Gasteiger partial charge < -0.3 is 5.32 Å². The monoisotopic (exact) mass is 232 g/mol. The van der Waals surface area contributed by atoms with E-state index in [0.29, 0.717) is 12.2 Å². The number of rotatable bonds is 3. The highest BCUT2D eigenvalue weighted by Gasteiger charge is 2.06. The number of carbonyl (C=O) groups excluding carboxylic acids is 1. The molecule has 0 aliphatic rings. The van der Waals surface area contributed by atoms with Crippen molar-refractivity contribution in [1.82, 2.24) is 10.3 Å². The van der Waals surface area contributed by atoms with Gasteiger partial charge in [0.2, 0.25) is 0 Å². The molecule has 1 aromatic carbocycles. The van der Waals surface area contributed by atoms with Crippen LogP contribution in [0.15, 0.2) is 35.2 Å². The van der Waals surface area contributed by atoms with Crippen LogP contribution in [0.1, 0.15) is 21.6 Å². The molecule has 0 atom stereocenters. The molecule has 0 aliphatic heterocycles. The summed E-state index contributed by atoms with van der Waals surface area (Å²) >= 11 is 1.42.